The van der Waals surface area contributed by atoms with Crippen molar-refractivity contribution in [1.29, 1.82) is 0 Å². The van der Waals surface area contributed by atoms with E-state index in [1.165, 1.54) is 11.3 Å². The molecule has 0 spiro atoms. The quantitative estimate of drug-likeness (QED) is 0.879. The van der Waals surface area contributed by atoms with Crippen molar-refractivity contribution in [2.75, 3.05) is 27.2 Å². The van der Waals surface area contributed by atoms with Gasteiger partial charge in [-0.05, 0) is 14.1 Å². The average molecular weight is 277 g/mol. The van der Waals surface area contributed by atoms with Crippen molar-refractivity contribution in [2.24, 2.45) is 0 Å². The number of carbonyl (C=O) groups is 1. The molecular weight excluding hydrogens is 262 g/mol. The van der Waals surface area contributed by atoms with Crippen LogP contribution in [0.2, 0.25) is 0 Å². The standard InChI is InChI=1S/C12H15N5OS/c1-17(2)6-5-15-11(18)10-8-19-12(16-10)9-7-13-3-4-14-9/h3-4,7-8H,5-6H2,1-2H3,(H,15,18). The smallest absolute Gasteiger partial charge is 0.270 e. The molecule has 100 valence electrons. The van der Waals surface area contributed by atoms with Crippen LogP contribution in [0.5, 0.6) is 0 Å². The van der Waals surface area contributed by atoms with E-state index in [0.29, 0.717) is 22.9 Å². The molecule has 0 radical (unpaired) electrons. The summed E-state index contributed by atoms with van der Waals surface area (Å²) in [4.78, 5) is 26.3. The van der Waals surface area contributed by atoms with Crippen molar-refractivity contribution in [2.45, 2.75) is 0 Å². The molecule has 0 atom stereocenters. The van der Waals surface area contributed by atoms with Crippen LogP contribution in [-0.2, 0) is 0 Å². The molecule has 0 aliphatic carbocycles. The molecule has 2 heterocycles. The Kier molecular flexibility index (Phi) is 4.53. The maximum Gasteiger partial charge on any atom is 0.270 e. The van der Waals surface area contributed by atoms with Gasteiger partial charge in [0.25, 0.3) is 5.91 Å². The number of hydrogen-bond donors (Lipinski definition) is 1. The van der Waals surface area contributed by atoms with Gasteiger partial charge in [0, 0.05) is 30.9 Å². The van der Waals surface area contributed by atoms with Gasteiger partial charge in [0.05, 0.1) is 6.20 Å². The van der Waals surface area contributed by atoms with E-state index in [-0.39, 0.29) is 5.91 Å². The fraction of sp³-hybridized carbons (Fsp3) is 0.333. The first-order chi connectivity index (χ1) is 9.16. The summed E-state index contributed by atoms with van der Waals surface area (Å²) >= 11 is 1.39. The van der Waals surface area contributed by atoms with Gasteiger partial charge < -0.3 is 10.2 Å². The van der Waals surface area contributed by atoms with E-state index in [4.69, 9.17) is 0 Å². The molecule has 6 nitrogen and oxygen atoms in total. The predicted octanol–water partition coefficient (Wildman–Crippen LogP) is 0.892. The summed E-state index contributed by atoms with van der Waals surface area (Å²) in [5.41, 5.74) is 1.10. The zero-order valence-corrected chi connectivity index (χ0v) is 11.6. The van der Waals surface area contributed by atoms with Crippen LogP contribution in [0, 0.1) is 0 Å². The van der Waals surface area contributed by atoms with Crippen molar-refractivity contribution >= 4 is 17.2 Å². The third-order valence-corrected chi connectivity index (χ3v) is 3.23. The third kappa shape index (κ3) is 3.80. The molecule has 0 unspecified atom stereocenters. The summed E-state index contributed by atoms with van der Waals surface area (Å²) in [6.07, 6.45) is 4.84. The van der Waals surface area contributed by atoms with Gasteiger partial charge >= 0.3 is 0 Å². The summed E-state index contributed by atoms with van der Waals surface area (Å²) in [7, 11) is 3.92. The van der Waals surface area contributed by atoms with Crippen LogP contribution in [0.4, 0.5) is 0 Å². The first kappa shape index (κ1) is 13.6. The summed E-state index contributed by atoms with van der Waals surface area (Å²) in [6, 6.07) is 0. The first-order valence-electron chi connectivity index (χ1n) is 5.81. The highest BCUT2D eigenvalue weighted by atomic mass is 32.1. The van der Waals surface area contributed by atoms with Gasteiger partial charge in [0.1, 0.15) is 16.4 Å². The second-order valence-electron chi connectivity index (χ2n) is 4.19. The van der Waals surface area contributed by atoms with Gasteiger partial charge in [-0.25, -0.2) is 4.98 Å². The van der Waals surface area contributed by atoms with Gasteiger partial charge in [-0.1, -0.05) is 0 Å². The molecule has 0 saturated carbocycles. The first-order valence-corrected chi connectivity index (χ1v) is 6.69. The Balaban J connectivity index is 1.99. The minimum Gasteiger partial charge on any atom is -0.349 e. The summed E-state index contributed by atoms with van der Waals surface area (Å²) in [5, 5.41) is 5.25. The number of carbonyl (C=O) groups excluding carboxylic acids is 1. The highest BCUT2D eigenvalue weighted by Crippen LogP contribution is 2.20. The molecule has 2 aromatic heterocycles. The molecule has 7 heteroatoms. The number of thiazole rings is 1. The highest BCUT2D eigenvalue weighted by molar-refractivity contribution is 7.13. The molecule has 19 heavy (non-hydrogen) atoms. The predicted molar refractivity (Wildman–Crippen MR) is 74.0 cm³/mol. The Morgan fingerprint density at radius 1 is 1.42 bits per heavy atom. The van der Waals surface area contributed by atoms with Crippen LogP contribution >= 0.6 is 11.3 Å². The Morgan fingerprint density at radius 3 is 2.95 bits per heavy atom. The Morgan fingerprint density at radius 2 is 2.26 bits per heavy atom. The highest BCUT2D eigenvalue weighted by Gasteiger charge is 2.12. The Bertz CT molecular complexity index is 540. The lowest BCUT2D eigenvalue weighted by Gasteiger charge is -2.09. The normalized spacial score (nSPS) is 10.7. The van der Waals surface area contributed by atoms with E-state index < -0.39 is 0 Å². The number of likely N-dealkylation sites (N-methyl/N-ethyl adjacent to an activating group) is 1. The van der Waals surface area contributed by atoms with Crippen molar-refractivity contribution in [3.63, 3.8) is 0 Å². The van der Waals surface area contributed by atoms with Crippen molar-refractivity contribution in [3.8, 4) is 10.7 Å². The van der Waals surface area contributed by atoms with Crippen LogP contribution in [-0.4, -0.2) is 52.9 Å². The minimum atomic E-state index is -0.159. The van der Waals surface area contributed by atoms with Crippen LogP contribution in [0.15, 0.2) is 24.0 Å². The minimum absolute atomic E-state index is 0.159. The van der Waals surface area contributed by atoms with E-state index >= 15 is 0 Å². The average Bonchev–Trinajstić information content (AvgIpc) is 2.89. The number of hydrogen-bond acceptors (Lipinski definition) is 6. The largest absolute Gasteiger partial charge is 0.349 e. The third-order valence-electron chi connectivity index (χ3n) is 2.36. The van der Waals surface area contributed by atoms with Gasteiger partial charge in [-0.15, -0.1) is 11.3 Å². The summed E-state index contributed by atoms with van der Waals surface area (Å²) in [5.74, 6) is -0.159. The van der Waals surface area contributed by atoms with Crippen LogP contribution in [0.25, 0.3) is 10.7 Å². The lowest BCUT2D eigenvalue weighted by atomic mass is 10.4. The maximum absolute atomic E-state index is 11.8. The van der Waals surface area contributed by atoms with Crippen molar-refractivity contribution in [1.82, 2.24) is 25.2 Å². The second kappa shape index (κ2) is 6.35. The van der Waals surface area contributed by atoms with Crippen molar-refractivity contribution in [3.05, 3.63) is 29.7 Å². The maximum atomic E-state index is 11.8. The van der Waals surface area contributed by atoms with Crippen LogP contribution in [0.3, 0.4) is 0 Å². The molecule has 1 amide bonds. The van der Waals surface area contributed by atoms with E-state index in [1.54, 1.807) is 24.0 Å². The lowest BCUT2D eigenvalue weighted by molar-refractivity contribution is 0.0947. The fourth-order valence-electron chi connectivity index (χ4n) is 1.39. The molecule has 2 rings (SSSR count). The Hall–Kier alpha value is -1.86. The molecule has 0 aromatic carbocycles. The topological polar surface area (TPSA) is 71.0 Å². The number of rotatable bonds is 5. The van der Waals surface area contributed by atoms with Gasteiger partial charge in [0.15, 0.2) is 0 Å². The van der Waals surface area contributed by atoms with E-state index in [2.05, 4.69) is 20.3 Å². The lowest BCUT2D eigenvalue weighted by Crippen LogP contribution is -2.31. The number of nitrogens with zero attached hydrogens (tertiary/aromatic N) is 4. The van der Waals surface area contributed by atoms with Crippen LogP contribution < -0.4 is 5.32 Å². The molecular formula is C12H15N5OS. The molecule has 0 aliphatic heterocycles. The molecule has 1 N–H and O–H groups in total. The van der Waals surface area contributed by atoms with Gasteiger partial charge in [0.2, 0.25) is 0 Å². The summed E-state index contributed by atoms with van der Waals surface area (Å²) < 4.78 is 0. The zero-order valence-electron chi connectivity index (χ0n) is 10.8. The van der Waals surface area contributed by atoms with E-state index in [0.717, 1.165) is 6.54 Å². The molecule has 2 aromatic rings. The van der Waals surface area contributed by atoms with Gasteiger partial charge in [-0.3, -0.25) is 14.8 Å². The molecule has 0 fully saturated rings. The van der Waals surface area contributed by atoms with E-state index in [1.807, 2.05) is 19.0 Å². The summed E-state index contributed by atoms with van der Waals surface area (Å²) in [6.45, 7) is 1.40. The Labute approximate surface area is 115 Å². The monoisotopic (exact) mass is 277 g/mol. The van der Waals surface area contributed by atoms with E-state index in [9.17, 15) is 4.79 Å². The molecule has 0 aliphatic rings. The van der Waals surface area contributed by atoms with Crippen molar-refractivity contribution < 1.29 is 4.79 Å². The number of amides is 1. The van der Waals surface area contributed by atoms with Crippen LogP contribution in [0.1, 0.15) is 10.5 Å². The molecule has 0 saturated heterocycles. The number of nitrogens with one attached hydrogen (secondary N) is 1. The molecule has 0 bridgehead atoms. The second-order valence-corrected chi connectivity index (χ2v) is 5.05. The van der Waals surface area contributed by atoms with Gasteiger partial charge in [-0.2, -0.15) is 0 Å². The SMILES string of the molecule is CN(C)CCNC(=O)c1csc(-c2cnccn2)n1. The zero-order chi connectivity index (χ0) is 13.7. The number of aromatic nitrogens is 3. The fourth-order valence-corrected chi connectivity index (χ4v) is 2.15.